The zero-order chi connectivity index (χ0) is 26.0. The second kappa shape index (κ2) is 10.9. The lowest BCUT2D eigenvalue weighted by molar-refractivity contribution is 0.122. The number of hydrogen-bond donors (Lipinski definition) is 1. The minimum absolute atomic E-state index is 0.111. The number of ether oxygens (including phenoxy) is 1. The maximum Gasteiger partial charge on any atom is 0.278 e. The number of aromatic nitrogens is 4. The van der Waals surface area contributed by atoms with Crippen molar-refractivity contribution in [3.05, 3.63) is 45.9 Å². The van der Waals surface area contributed by atoms with Crippen LogP contribution < -0.4 is 15.4 Å². The van der Waals surface area contributed by atoms with Gasteiger partial charge in [0.15, 0.2) is 5.52 Å². The third kappa shape index (κ3) is 5.69. The lowest BCUT2D eigenvalue weighted by atomic mass is 9.89. The first-order chi connectivity index (χ1) is 17.8. The van der Waals surface area contributed by atoms with Gasteiger partial charge in [-0.15, -0.1) is 0 Å². The molecule has 2 aliphatic rings. The quantitative estimate of drug-likeness (QED) is 0.493. The summed E-state index contributed by atoms with van der Waals surface area (Å²) in [4.78, 5) is 26.4. The molecule has 0 amide bonds. The highest BCUT2D eigenvalue weighted by atomic mass is 16.5. The van der Waals surface area contributed by atoms with Gasteiger partial charge >= 0.3 is 0 Å². The van der Waals surface area contributed by atoms with Crippen LogP contribution in [0, 0.1) is 5.92 Å². The van der Waals surface area contributed by atoms with Crippen LogP contribution >= 0.6 is 0 Å². The van der Waals surface area contributed by atoms with Crippen LogP contribution in [0.25, 0.3) is 11.0 Å². The van der Waals surface area contributed by atoms with Crippen molar-refractivity contribution in [2.45, 2.75) is 78.3 Å². The molecule has 200 valence electrons. The Kier molecular flexibility index (Phi) is 7.56. The van der Waals surface area contributed by atoms with E-state index in [1.54, 1.807) is 4.68 Å². The number of aryl methyl sites for hydroxylation is 1. The van der Waals surface area contributed by atoms with E-state index in [-0.39, 0.29) is 11.0 Å². The van der Waals surface area contributed by atoms with Gasteiger partial charge in [0.1, 0.15) is 5.52 Å². The molecule has 1 saturated heterocycles. The summed E-state index contributed by atoms with van der Waals surface area (Å²) in [7, 11) is 0. The van der Waals surface area contributed by atoms with E-state index in [9.17, 15) is 4.79 Å². The number of benzene rings is 1. The van der Waals surface area contributed by atoms with Crippen LogP contribution in [0.15, 0.2) is 29.1 Å². The van der Waals surface area contributed by atoms with E-state index in [1.165, 1.54) is 43.4 Å². The summed E-state index contributed by atoms with van der Waals surface area (Å²) in [5, 5.41) is 4.80. The van der Waals surface area contributed by atoms with Crippen LogP contribution in [0.1, 0.15) is 71.1 Å². The first kappa shape index (κ1) is 25.8. The first-order valence-corrected chi connectivity index (χ1v) is 14.0. The van der Waals surface area contributed by atoms with E-state index in [0.717, 1.165) is 44.1 Å². The molecule has 3 aromatic rings. The summed E-state index contributed by atoms with van der Waals surface area (Å²) in [6.07, 6.45) is 6.36. The van der Waals surface area contributed by atoms with E-state index < -0.39 is 0 Å². The number of anilines is 2. The topological polar surface area (TPSA) is 79.3 Å². The molecule has 0 spiro atoms. The summed E-state index contributed by atoms with van der Waals surface area (Å²) in [5.41, 5.74) is 4.31. The van der Waals surface area contributed by atoms with Crippen molar-refractivity contribution in [2.24, 2.45) is 5.92 Å². The van der Waals surface area contributed by atoms with Gasteiger partial charge in [0.25, 0.3) is 5.56 Å². The number of rotatable bonds is 7. The van der Waals surface area contributed by atoms with Crippen molar-refractivity contribution in [2.75, 3.05) is 42.6 Å². The smallest absolute Gasteiger partial charge is 0.278 e. The van der Waals surface area contributed by atoms with Crippen LogP contribution in [-0.4, -0.2) is 52.6 Å². The molecule has 0 bridgehead atoms. The van der Waals surface area contributed by atoms with E-state index in [1.807, 2.05) is 6.92 Å². The van der Waals surface area contributed by atoms with Crippen molar-refractivity contribution in [3.63, 3.8) is 0 Å². The van der Waals surface area contributed by atoms with Gasteiger partial charge in [0.2, 0.25) is 5.95 Å². The minimum atomic E-state index is -0.211. The lowest BCUT2D eigenvalue weighted by Gasteiger charge is -2.31. The van der Waals surface area contributed by atoms with Crippen molar-refractivity contribution in [1.82, 2.24) is 19.7 Å². The second-order valence-corrected chi connectivity index (χ2v) is 11.7. The Morgan fingerprint density at radius 1 is 1.14 bits per heavy atom. The Hall–Kier alpha value is -2.87. The van der Waals surface area contributed by atoms with Gasteiger partial charge in [0.05, 0.1) is 18.9 Å². The summed E-state index contributed by atoms with van der Waals surface area (Å²) >= 11 is 0. The predicted octanol–water partition coefficient (Wildman–Crippen LogP) is 4.86. The highest BCUT2D eigenvalue weighted by molar-refractivity contribution is 5.79. The van der Waals surface area contributed by atoms with Crippen LogP contribution in [0.3, 0.4) is 0 Å². The highest BCUT2D eigenvalue weighted by Crippen LogP contribution is 2.30. The standard InChI is InChI=1S/C29H42N6O2/c1-5-35-25-24(26(32-35)29(2,3)4)30-28(31-27(25)36)34(19-21-10-7-6-8-11-21)20-22-12-9-13-23(18-22)33-14-16-37-17-15-33/h9,12-13,18,21H,5-8,10-11,14-17,19-20H2,1-4H3,(H,30,31,36). The van der Waals surface area contributed by atoms with E-state index >= 15 is 0 Å². The van der Waals surface area contributed by atoms with Crippen LogP contribution in [0.5, 0.6) is 0 Å². The molecule has 1 aliphatic carbocycles. The fourth-order valence-corrected chi connectivity index (χ4v) is 5.76. The number of nitrogens with zero attached hydrogens (tertiary/aromatic N) is 5. The molecule has 1 aromatic carbocycles. The number of nitrogens with one attached hydrogen (secondary N) is 1. The Morgan fingerprint density at radius 2 is 1.89 bits per heavy atom. The molecular formula is C29H42N6O2. The molecule has 0 atom stereocenters. The second-order valence-electron chi connectivity index (χ2n) is 11.7. The summed E-state index contributed by atoms with van der Waals surface area (Å²) in [6, 6.07) is 8.79. The van der Waals surface area contributed by atoms with E-state index in [4.69, 9.17) is 14.8 Å². The number of aromatic amines is 1. The SMILES string of the molecule is CCn1nc(C(C)(C)C)c2nc(N(Cc3cccc(N4CCOCC4)c3)CC3CCCCC3)[nH]c(=O)c21. The van der Waals surface area contributed by atoms with Crippen molar-refractivity contribution in [3.8, 4) is 0 Å². The predicted molar refractivity (Wildman–Crippen MR) is 150 cm³/mol. The molecule has 3 heterocycles. The Morgan fingerprint density at radius 3 is 2.59 bits per heavy atom. The fraction of sp³-hybridized carbons (Fsp3) is 0.621. The normalized spacial score (nSPS) is 17.5. The molecule has 0 unspecified atom stereocenters. The van der Waals surface area contributed by atoms with Crippen molar-refractivity contribution in [1.29, 1.82) is 0 Å². The molecule has 8 nitrogen and oxygen atoms in total. The molecule has 1 saturated carbocycles. The third-order valence-electron chi connectivity index (χ3n) is 7.76. The molecule has 1 N–H and O–H groups in total. The molecule has 5 rings (SSSR count). The largest absolute Gasteiger partial charge is 0.378 e. The Labute approximate surface area is 220 Å². The maximum absolute atomic E-state index is 13.4. The highest BCUT2D eigenvalue weighted by Gasteiger charge is 2.27. The van der Waals surface area contributed by atoms with Crippen LogP contribution in [0.4, 0.5) is 11.6 Å². The monoisotopic (exact) mass is 506 g/mol. The number of morpholine rings is 1. The zero-order valence-corrected chi connectivity index (χ0v) is 22.9. The molecular weight excluding hydrogens is 464 g/mol. The van der Waals surface area contributed by atoms with Crippen LogP contribution in [-0.2, 0) is 23.2 Å². The van der Waals surface area contributed by atoms with Gasteiger partial charge in [-0.25, -0.2) is 4.98 Å². The van der Waals surface area contributed by atoms with E-state index in [0.29, 0.717) is 30.5 Å². The van der Waals surface area contributed by atoms with Crippen LogP contribution in [0.2, 0.25) is 0 Å². The fourth-order valence-electron chi connectivity index (χ4n) is 5.76. The number of fused-ring (bicyclic) bond motifs is 1. The first-order valence-electron chi connectivity index (χ1n) is 14.0. The van der Waals surface area contributed by atoms with Gasteiger partial charge in [-0.2, -0.15) is 5.10 Å². The van der Waals surface area contributed by atoms with Gasteiger partial charge in [0, 0.05) is 43.8 Å². The maximum atomic E-state index is 13.4. The number of H-pyrrole nitrogens is 1. The third-order valence-corrected chi connectivity index (χ3v) is 7.76. The Bertz CT molecular complexity index is 1260. The average molecular weight is 507 g/mol. The van der Waals surface area contributed by atoms with Crippen molar-refractivity contribution < 1.29 is 4.74 Å². The van der Waals surface area contributed by atoms with Gasteiger partial charge in [-0.3, -0.25) is 14.5 Å². The van der Waals surface area contributed by atoms with Gasteiger partial charge in [-0.05, 0) is 43.4 Å². The molecule has 8 heteroatoms. The Balaban J connectivity index is 1.53. The number of hydrogen-bond acceptors (Lipinski definition) is 6. The summed E-state index contributed by atoms with van der Waals surface area (Å²) in [6.45, 7) is 14.0. The van der Waals surface area contributed by atoms with E-state index in [2.05, 4.69) is 59.8 Å². The van der Waals surface area contributed by atoms with Gasteiger partial charge in [-0.1, -0.05) is 52.2 Å². The molecule has 37 heavy (non-hydrogen) atoms. The molecule has 2 fully saturated rings. The lowest BCUT2D eigenvalue weighted by Crippen LogP contribution is -2.36. The summed E-state index contributed by atoms with van der Waals surface area (Å²) in [5.74, 6) is 1.26. The van der Waals surface area contributed by atoms with Gasteiger partial charge < -0.3 is 14.5 Å². The minimum Gasteiger partial charge on any atom is -0.378 e. The average Bonchev–Trinajstić information content (AvgIpc) is 3.30. The van der Waals surface area contributed by atoms with Crippen molar-refractivity contribution >= 4 is 22.7 Å². The molecule has 2 aromatic heterocycles. The molecule has 0 radical (unpaired) electrons. The zero-order valence-electron chi connectivity index (χ0n) is 22.9. The molecule has 1 aliphatic heterocycles. The summed E-state index contributed by atoms with van der Waals surface area (Å²) < 4.78 is 7.34.